The van der Waals surface area contributed by atoms with Gasteiger partial charge in [0.2, 0.25) is 17.6 Å². The standard InChI is InChI=1S/C17H23N3O4/c1-3-15(22)18-10-6-4-5-7-16-19-17(20-24-16)12-8-9-13(21)14(11-12)23-2/h8-9,11,21H,3-7,10H2,1-2H3,(H,18,22). The first kappa shape index (κ1) is 17.8. The number of benzene rings is 1. The number of phenolic OH excluding ortho intramolecular Hbond substituents is 1. The number of carbonyl (C=O) groups is 1. The summed E-state index contributed by atoms with van der Waals surface area (Å²) in [5.41, 5.74) is 0.724. The van der Waals surface area contributed by atoms with E-state index in [0.29, 0.717) is 36.9 Å². The van der Waals surface area contributed by atoms with Crippen molar-refractivity contribution in [1.82, 2.24) is 15.5 Å². The molecule has 1 amide bonds. The SMILES string of the molecule is CCC(=O)NCCCCCc1nc(-c2ccc(O)c(OC)c2)no1. The summed E-state index contributed by atoms with van der Waals surface area (Å²) in [6.07, 6.45) is 4.05. The number of ether oxygens (including phenoxy) is 1. The van der Waals surface area contributed by atoms with Crippen LogP contribution in [0.3, 0.4) is 0 Å². The van der Waals surface area contributed by atoms with Crippen molar-refractivity contribution >= 4 is 5.91 Å². The second-order valence-electron chi connectivity index (χ2n) is 5.41. The fraction of sp³-hybridized carbons (Fsp3) is 0.471. The monoisotopic (exact) mass is 333 g/mol. The van der Waals surface area contributed by atoms with Crippen molar-refractivity contribution < 1.29 is 19.2 Å². The van der Waals surface area contributed by atoms with Gasteiger partial charge >= 0.3 is 0 Å². The van der Waals surface area contributed by atoms with Crippen molar-refractivity contribution in [2.75, 3.05) is 13.7 Å². The van der Waals surface area contributed by atoms with E-state index < -0.39 is 0 Å². The van der Waals surface area contributed by atoms with Gasteiger partial charge in [-0.05, 0) is 31.0 Å². The number of hydrogen-bond acceptors (Lipinski definition) is 6. The Bertz CT molecular complexity index is 670. The zero-order valence-corrected chi connectivity index (χ0v) is 14.0. The van der Waals surface area contributed by atoms with E-state index in [-0.39, 0.29) is 11.7 Å². The Morgan fingerprint density at radius 3 is 2.92 bits per heavy atom. The topological polar surface area (TPSA) is 97.5 Å². The number of hydrogen-bond donors (Lipinski definition) is 2. The number of nitrogens with zero attached hydrogens (tertiary/aromatic N) is 2. The van der Waals surface area contributed by atoms with Crippen molar-refractivity contribution in [3.05, 3.63) is 24.1 Å². The highest BCUT2D eigenvalue weighted by molar-refractivity contribution is 5.75. The van der Waals surface area contributed by atoms with Crippen molar-refractivity contribution in [3.63, 3.8) is 0 Å². The first-order chi connectivity index (χ1) is 11.6. The van der Waals surface area contributed by atoms with Crippen LogP contribution < -0.4 is 10.1 Å². The van der Waals surface area contributed by atoms with Gasteiger partial charge in [0.15, 0.2) is 11.5 Å². The number of carbonyl (C=O) groups excluding carboxylic acids is 1. The van der Waals surface area contributed by atoms with E-state index in [2.05, 4.69) is 15.5 Å². The largest absolute Gasteiger partial charge is 0.504 e. The molecule has 1 aromatic heterocycles. The maximum Gasteiger partial charge on any atom is 0.226 e. The number of aromatic hydroxyl groups is 1. The minimum atomic E-state index is 0.0696. The quantitative estimate of drug-likeness (QED) is 0.685. The van der Waals surface area contributed by atoms with Gasteiger partial charge < -0.3 is 19.7 Å². The summed E-state index contributed by atoms with van der Waals surface area (Å²) in [6.45, 7) is 2.54. The number of unbranched alkanes of at least 4 members (excludes halogenated alkanes) is 2. The molecule has 0 saturated carbocycles. The fourth-order valence-electron chi connectivity index (χ4n) is 2.22. The molecular weight excluding hydrogens is 310 g/mol. The van der Waals surface area contributed by atoms with Crippen LogP contribution in [0.25, 0.3) is 11.4 Å². The van der Waals surface area contributed by atoms with E-state index in [0.717, 1.165) is 24.8 Å². The van der Waals surface area contributed by atoms with Crippen LogP contribution in [0.5, 0.6) is 11.5 Å². The van der Waals surface area contributed by atoms with Crippen LogP contribution in [-0.4, -0.2) is 34.8 Å². The van der Waals surface area contributed by atoms with Crippen LogP contribution in [0.15, 0.2) is 22.7 Å². The van der Waals surface area contributed by atoms with Crippen LogP contribution in [-0.2, 0) is 11.2 Å². The Labute approximate surface area is 141 Å². The highest BCUT2D eigenvalue weighted by Gasteiger charge is 2.11. The van der Waals surface area contributed by atoms with E-state index in [1.165, 1.54) is 13.2 Å². The summed E-state index contributed by atoms with van der Waals surface area (Å²) in [4.78, 5) is 15.5. The zero-order valence-electron chi connectivity index (χ0n) is 14.0. The lowest BCUT2D eigenvalue weighted by Crippen LogP contribution is -2.23. The van der Waals surface area contributed by atoms with Crippen molar-refractivity contribution in [1.29, 1.82) is 0 Å². The van der Waals surface area contributed by atoms with Crippen LogP contribution in [0.2, 0.25) is 0 Å². The lowest BCUT2D eigenvalue weighted by Gasteiger charge is -2.03. The highest BCUT2D eigenvalue weighted by Crippen LogP contribution is 2.30. The molecule has 1 heterocycles. The van der Waals surface area contributed by atoms with E-state index in [4.69, 9.17) is 9.26 Å². The summed E-state index contributed by atoms with van der Waals surface area (Å²) < 4.78 is 10.3. The van der Waals surface area contributed by atoms with Crippen LogP contribution in [0.4, 0.5) is 0 Å². The zero-order chi connectivity index (χ0) is 17.4. The number of rotatable bonds is 9. The summed E-state index contributed by atoms with van der Waals surface area (Å²) in [6, 6.07) is 4.91. The van der Waals surface area contributed by atoms with E-state index in [1.807, 2.05) is 6.92 Å². The van der Waals surface area contributed by atoms with Gasteiger partial charge in [0, 0.05) is 24.9 Å². The first-order valence-electron chi connectivity index (χ1n) is 8.10. The average Bonchev–Trinajstić information content (AvgIpc) is 3.07. The highest BCUT2D eigenvalue weighted by atomic mass is 16.5. The maximum atomic E-state index is 11.1. The molecule has 2 N–H and O–H groups in total. The molecule has 0 fully saturated rings. The first-order valence-corrected chi connectivity index (χ1v) is 8.10. The third-order valence-corrected chi connectivity index (χ3v) is 3.62. The molecule has 2 aromatic rings. The third-order valence-electron chi connectivity index (χ3n) is 3.62. The van der Waals surface area contributed by atoms with Crippen LogP contribution in [0.1, 0.15) is 38.5 Å². The third kappa shape index (κ3) is 4.97. The molecule has 24 heavy (non-hydrogen) atoms. The normalized spacial score (nSPS) is 10.6. The van der Waals surface area contributed by atoms with Gasteiger partial charge in [-0.25, -0.2) is 0 Å². The Morgan fingerprint density at radius 1 is 1.33 bits per heavy atom. The number of amides is 1. The lowest BCUT2D eigenvalue weighted by atomic mass is 10.2. The van der Waals surface area contributed by atoms with Crippen molar-refractivity contribution in [2.45, 2.75) is 39.0 Å². The van der Waals surface area contributed by atoms with Gasteiger partial charge in [0.05, 0.1) is 7.11 Å². The Hall–Kier alpha value is -2.57. The predicted molar refractivity (Wildman–Crippen MR) is 88.8 cm³/mol. The number of nitrogens with one attached hydrogen (secondary N) is 1. The summed E-state index contributed by atoms with van der Waals surface area (Å²) in [7, 11) is 1.49. The molecular formula is C17H23N3O4. The average molecular weight is 333 g/mol. The Balaban J connectivity index is 1.80. The maximum absolute atomic E-state index is 11.1. The summed E-state index contributed by atoms with van der Waals surface area (Å²) >= 11 is 0. The van der Waals surface area contributed by atoms with E-state index in [1.54, 1.807) is 12.1 Å². The predicted octanol–water partition coefficient (Wildman–Crippen LogP) is 2.69. The van der Waals surface area contributed by atoms with Gasteiger partial charge in [-0.2, -0.15) is 4.98 Å². The minimum absolute atomic E-state index is 0.0696. The molecule has 0 atom stereocenters. The number of methoxy groups -OCH3 is 1. The van der Waals surface area contributed by atoms with Crippen LogP contribution >= 0.6 is 0 Å². The summed E-state index contributed by atoms with van der Waals surface area (Å²) in [5.74, 6) is 1.57. The second-order valence-corrected chi connectivity index (χ2v) is 5.41. The van der Waals surface area contributed by atoms with Gasteiger partial charge in [0.1, 0.15) is 0 Å². The molecule has 0 aliphatic rings. The molecule has 130 valence electrons. The molecule has 0 radical (unpaired) electrons. The van der Waals surface area contributed by atoms with Gasteiger partial charge in [-0.3, -0.25) is 4.79 Å². The molecule has 7 heteroatoms. The molecule has 0 aliphatic heterocycles. The molecule has 1 aromatic carbocycles. The molecule has 7 nitrogen and oxygen atoms in total. The Kier molecular flexibility index (Phi) is 6.60. The molecule has 0 bridgehead atoms. The molecule has 0 saturated heterocycles. The van der Waals surface area contributed by atoms with Gasteiger partial charge in [-0.1, -0.05) is 18.5 Å². The number of aryl methyl sites for hydroxylation is 1. The fourth-order valence-corrected chi connectivity index (χ4v) is 2.22. The van der Waals surface area contributed by atoms with E-state index in [9.17, 15) is 9.90 Å². The number of aromatic nitrogens is 2. The smallest absolute Gasteiger partial charge is 0.226 e. The summed E-state index contributed by atoms with van der Waals surface area (Å²) in [5, 5.41) is 16.4. The lowest BCUT2D eigenvalue weighted by molar-refractivity contribution is -0.120. The molecule has 0 aliphatic carbocycles. The Morgan fingerprint density at radius 2 is 2.17 bits per heavy atom. The number of phenols is 1. The van der Waals surface area contributed by atoms with Crippen LogP contribution in [0, 0.1) is 0 Å². The second kappa shape index (κ2) is 8.90. The molecule has 0 spiro atoms. The minimum Gasteiger partial charge on any atom is -0.504 e. The van der Waals surface area contributed by atoms with Crippen molar-refractivity contribution in [3.8, 4) is 22.9 Å². The molecule has 0 unspecified atom stereocenters. The molecule has 2 rings (SSSR count). The van der Waals surface area contributed by atoms with Gasteiger partial charge in [-0.15, -0.1) is 0 Å². The van der Waals surface area contributed by atoms with Gasteiger partial charge in [0.25, 0.3) is 0 Å². The van der Waals surface area contributed by atoms with E-state index >= 15 is 0 Å². The van der Waals surface area contributed by atoms with Crippen molar-refractivity contribution in [2.24, 2.45) is 0 Å².